The molecule has 22 heavy (non-hydrogen) atoms. The van der Waals surface area contributed by atoms with E-state index in [1.54, 1.807) is 0 Å². The Labute approximate surface area is 131 Å². The van der Waals surface area contributed by atoms with E-state index < -0.39 is 15.1 Å². The van der Waals surface area contributed by atoms with Crippen molar-refractivity contribution in [3.05, 3.63) is 17.5 Å². The summed E-state index contributed by atoms with van der Waals surface area (Å²) in [6, 6.07) is 1.90. The summed E-state index contributed by atoms with van der Waals surface area (Å²) in [6.45, 7) is 5.22. The summed E-state index contributed by atoms with van der Waals surface area (Å²) in [5.74, 6) is 0.709. The summed E-state index contributed by atoms with van der Waals surface area (Å²) in [5, 5.41) is -0.413. The highest BCUT2D eigenvalue weighted by atomic mass is 32.2. The first-order valence-electron chi connectivity index (χ1n) is 7.62. The molecule has 0 bridgehead atoms. The number of nitrogens with one attached hydrogen (secondary N) is 2. The fourth-order valence-corrected chi connectivity index (χ4v) is 4.68. The summed E-state index contributed by atoms with van der Waals surface area (Å²) in [5.41, 5.74) is 8.03. The number of hydrogen-bond acceptors (Lipinski definition) is 7. The van der Waals surface area contributed by atoms with Gasteiger partial charge >= 0.3 is 0 Å². The van der Waals surface area contributed by atoms with Gasteiger partial charge in [-0.05, 0) is 32.8 Å². The van der Waals surface area contributed by atoms with Gasteiger partial charge in [-0.25, -0.2) is 18.4 Å². The number of hydrazine groups is 1. The van der Waals surface area contributed by atoms with Crippen LogP contribution in [-0.4, -0.2) is 55.1 Å². The lowest BCUT2D eigenvalue weighted by molar-refractivity contribution is 0.452. The van der Waals surface area contributed by atoms with Gasteiger partial charge in [0.15, 0.2) is 9.84 Å². The fourth-order valence-electron chi connectivity index (χ4n) is 3.51. The maximum absolute atomic E-state index is 12.0. The third-order valence-electron chi connectivity index (χ3n) is 4.46. The first kappa shape index (κ1) is 15.6. The van der Waals surface area contributed by atoms with Crippen LogP contribution in [0.5, 0.6) is 0 Å². The van der Waals surface area contributed by atoms with E-state index in [1.807, 2.05) is 19.9 Å². The molecule has 0 saturated carbocycles. The summed E-state index contributed by atoms with van der Waals surface area (Å²) in [4.78, 5) is 11.2. The van der Waals surface area contributed by atoms with Crippen LogP contribution < -0.4 is 15.8 Å². The molecule has 2 N–H and O–H groups in total. The maximum Gasteiger partial charge on any atom is 0.226 e. The quantitative estimate of drug-likeness (QED) is 0.806. The van der Waals surface area contributed by atoms with Crippen LogP contribution in [-0.2, 0) is 9.84 Å². The molecule has 0 radical (unpaired) electrons. The first-order valence-corrected chi connectivity index (χ1v) is 9.58. The van der Waals surface area contributed by atoms with Crippen molar-refractivity contribution in [3.8, 4) is 0 Å². The number of anilines is 1. The predicted molar refractivity (Wildman–Crippen MR) is 85.4 cm³/mol. The van der Waals surface area contributed by atoms with Gasteiger partial charge in [-0.3, -0.25) is 10.9 Å². The van der Waals surface area contributed by atoms with Crippen LogP contribution in [0.25, 0.3) is 0 Å². The van der Waals surface area contributed by atoms with Crippen molar-refractivity contribution in [2.24, 2.45) is 0 Å². The van der Waals surface area contributed by atoms with E-state index >= 15 is 0 Å². The van der Waals surface area contributed by atoms with E-state index in [9.17, 15) is 8.42 Å². The number of sulfone groups is 1. The fraction of sp³-hybridized carbons (Fsp3) is 0.714. The lowest BCUT2D eigenvalue weighted by atomic mass is 10.0. The topological polar surface area (TPSA) is 87.2 Å². The Kier molecular flexibility index (Phi) is 4.09. The number of rotatable bonds is 3. The molecular weight excluding hydrogens is 302 g/mol. The Morgan fingerprint density at radius 2 is 1.95 bits per heavy atom. The van der Waals surface area contributed by atoms with Gasteiger partial charge in [0.05, 0.1) is 11.3 Å². The molecule has 2 fully saturated rings. The van der Waals surface area contributed by atoms with Crippen LogP contribution in [0.3, 0.4) is 0 Å². The second kappa shape index (κ2) is 5.75. The van der Waals surface area contributed by atoms with Crippen LogP contribution in [0.1, 0.15) is 24.2 Å². The SMILES string of the molecule is Cc1cc(C)nc(N2CCCC2C2NNCC2S(C)(=O)=O)n1. The van der Waals surface area contributed by atoms with Crippen molar-refractivity contribution < 1.29 is 8.42 Å². The summed E-state index contributed by atoms with van der Waals surface area (Å²) in [7, 11) is -3.10. The molecule has 3 atom stereocenters. The third kappa shape index (κ3) is 2.95. The number of nitrogens with zero attached hydrogens (tertiary/aromatic N) is 3. The van der Waals surface area contributed by atoms with Crippen LogP contribution >= 0.6 is 0 Å². The minimum Gasteiger partial charge on any atom is -0.336 e. The molecule has 0 aliphatic carbocycles. The van der Waals surface area contributed by atoms with Crippen LogP contribution in [0, 0.1) is 13.8 Å². The molecule has 3 rings (SSSR count). The van der Waals surface area contributed by atoms with Crippen LogP contribution in [0.4, 0.5) is 5.95 Å². The minimum absolute atomic E-state index is 0.0934. The lowest BCUT2D eigenvalue weighted by Gasteiger charge is -2.31. The van der Waals surface area contributed by atoms with Gasteiger partial charge in [0.2, 0.25) is 5.95 Å². The number of aryl methyl sites for hydroxylation is 2. The van der Waals surface area contributed by atoms with E-state index in [0.29, 0.717) is 12.5 Å². The van der Waals surface area contributed by atoms with E-state index in [4.69, 9.17) is 0 Å². The number of aromatic nitrogens is 2. The maximum atomic E-state index is 12.0. The third-order valence-corrected chi connectivity index (χ3v) is 6.02. The molecule has 1 aromatic heterocycles. The highest BCUT2D eigenvalue weighted by Gasteiger charge is 2.44. The normalized spacial score (nSPS) is 29.2. The van der Waals surface area contributed by atoms with Crippen LogP contribution in [0.2, 0.25) is 0 Å². The second-order valence-corrected chi connectivity index (χ2v) is 8.54. The largest absolute Gasteiger partial charge is 0.336 e. The monoisotopic (exact) mass is 325 g/mol. The molecule has 7 nitrogen and oxygen atoms in total. The van der Waals surface area contributed by atoms with Crippen LogP contribution in [0.15, 0.2) is 6.07 Å². The van der Waals surface area contributed by atoms with Crippen molar-refractivity contribution in [2.45, 2.75) is 44.0 Å². The predicted octanol–water partition coefficient (Wildman–Crippen LogP) is -0.0482. The highest BCUT2D eigenvalue weighted by molar-refractivity contribution is 7.91. The molecule has 2 aliphatic rings. The second-order valence-electron chi connectivity index (χ2n) is 6.27. The Morgan fingerprint density at radius 3 is 2.59 bits per heavy atom. The Morgan fingerprint density at radius 1 is 1.27 bits per heavy atom. The Hall–Kier alpha value is -1.25. The number of hydrogen-bond donors (Lipinski definition) is 2. The van der Waals surface area contributed by atoms with Crippen molar-refractivity contribution in [1.82, 2.24) is 20.8 Å². The molecule has 0 spiro atoms. The summed E-state index contributed by atoms with van der Waals surface area (Å²) < 4.78 is 24.0. The van der Waals surface area contributed by atoms with Crippen molar-refractivity contribution in [1.29, 1.82) is 0 Å². The zero-order chi connectivity index (χ0) is 15.9. The Balaban J connectivity index is 1.90. The zero-order valence-corrected chi connectivity index (χ0v) is 14.0. The standard InChI is InChI=1S/C14H23N5O2S/c1-9-7-10(2)17-14(16-9)19-6-4-5-11(19)13-12(8-15-18-13)22(3,20)21/h7,11-13,15,18H,4-6,8H2,1-3H3. The van der Waals surface area contributed by atoms with Gasteiger partial charge in [0.1, 0.15) is 0 Å². The summed E-state index contributed by atoms with van der Waals surface area (Å²) >= 11 is 0. The van der Waals surface area contributed by atoms with E-state index in [-0.39, 0.29) is 12.1 Å². The highest BCUT2D eigenvalue weighted by Crippen LogP contribution is 2.28. The van der Waals surface area contributed by atoms with Gasteiger partial charge < -0.3 is 4.90 Å². The van der Waals surface area contributed by atoms with Gasteiger partial charge in [0, 0.05) is 36.8 Å². The molecule has 122 valence electrons. The van der Waals surface area contributed by atoms with E-state index in [2.05, 4.69) is 25.7 Å². The van der Waals surface area contributed by atoms with Crippen molar-refractivity contribution in [2.75, 3.05) is 24.2 Å². The Bertz CT molecular complexity index is 643. The minimum atomic E-state index is -3.10. The lowest BCUT2D eigenvalue weighted by Crippen LogP contribution is -2.52. The van der Waals surface area contributed by atoms with Gasteiger partial charge in [-0.2, -0.15) is 0 Å². The average molecular weight is 325 g/mol. The van der Waals surface area contributed by atoms with Gasteiger partial charge in [-0.1, -0.05) is 0 Å². The van der Waals surface area contributed by atoms with E-state index in [1.165, 1.54) is 6.26 Å². The molecule has 8 heteroatoms. The van der Waals surface area contributed by atoms with E-state index in [0.717, 1.165) is 30.8 Å². The molecule has 3 heterocycles. The van der Waals surface area contributed by atoms with Gasteiger partial charge in [-0.15, -0.1) is 0 Å². The average Bonchev–Trinajstić information content (AvgIpc) is 3.05. The van der Waals surface area contributed by atoms with Crippen molar-refractivity contribution in [3.63, 3.8) is 0 Å². The van der Waals surface area contributed by atoms with Gasteiger partial charge in [0.25, 0.3) is 0 Å². The first-order chi connectivity index (χ1) is 10.4. The molecule has 0 aromatic carbocycles. The smallest absolute Gasteiger partial charge is 0.226 e. The molecule has 0 amide bonds. The zero-order valence-electron chi connectivity index (χ0n) is 13.2. The summed E-state index contributed by atoms with van der Waals surface area (Å²) in [6.07, 6.45) is 3.28. The molecule has 1 aromatic rings. The molecule has 2 aliphatic heterocycles. The molecular formula is C14H23N5O2S. The molecule has 2 saturated heterocycles. The molecule has 3 unspecified atom stereocenters. The van der Waals surface area contributed by atoms with Crippen molar-refractivity contribution >= 4 is 15.8 Å².